The molecule has 0 radical (unpaired) electrons. The van der Waals surface area contributed by atoms with Crippen molar-refractivity contribution in [2.24, 2.45) is 0 Å². The van der Waals surface area contributed by atoms with Gasteiger partial charge in [0, 0.05) is 6.42 Å². The van der Waals surface area contributed by atoms with Crippen LogP contribution < -0.4 is 5.32 Å². The van der Waals surface area contributed by atoms with E-state index >= 15 is 0 Å². The van der Waals surface area contributed by atoms with E-state index in [1.807, 2.05) is 43.3 Å². The number of furan rings is 1. The summed E-state index contributed by atoms with van der Waals surface area (Å²) in [7, 11) is 0. The number of nitrogens with one attached hydrogen (secondary N) is 1. The van der Waals surface area contributed by atoms with E-state index in [2.05, 4.69) is 5.32 Å². The van der Waals surface area contributed by atoms with Gasteiger partial charge in [-0.25, -0.2) is 4.39 Å². The lowest BCUT2D eigenvalue weighted by Gasteiger charge is -2.18. The number of benzene rings is 2. The second kappa shape index (κ2) is 7.79. The summed E-state index contributed by atoms with van der Waals surface area (Å²) < 4.78 is 18.7. The van der Waals surface area contributed by atoms with E-state index < -0.39 is 0 Å². The summed E-state index contributed by atoms with van der Waals surface area (Å²) in [6, 6.07) is 19.5. The monoisotopic (exact) mass is 337 g/mol. The lowest BCUT2D eigenvalue weighted by atomic mass is 9.92. The molecule has 1 aromatic heterocycles. The zero-order valence-electron chi connectivity index (χ0n) is 14.0. The molecule has 2 atom stereocenters. The number of amides is 1. The SMILES string of the molecule is C[C@H](NC(=O)C[C@H](c1ccc(F)cc1)c1ccco1)c1ccccc1. The van der Waals surface area contributed by atoms with Crippen LogP contribution in [-0.4, -0.2) is 5.91 Å². The minimum Gasteiger partial charge on any atom is -0.469 e. The average molecular weight is 337 g/mol. The van der Waals surface area contributed by atoms with Crippen molar-refractivity contribution in [3.63, 3.8) is 0 Å². The van der Waals surface area contributed by atoms with Gasteiger partial charge < -0.3 is 9.73 Å². The molecule has 1 N–H and O–H groups in total. The zero-order chi connectivity index (χ0) is 17.6. The molecule has 2 aromatic carbocycles. The van der Waals surface area contributed by atoms with Crippen molar-refractivity contribution in [2.75, 3.05) is 0 Å². The van der Waals surface area contributed by atoms with Gasteiger partial charge in [0.25, 0.3) is 0 Å². The van der Waals surface area contributed by atoms with Crippen LogP contribution in [0.15, 0.2) is 77.4 Å². The van der Waals surface area contributed by atoms with Gasteiger partial charge in [0.05, 0.1) is 18.2 Å². The summed E-state index contributed by atoms with van der Waals surface area (Å²) in [5.41, 5.74) is 1.89. The number of carbonyl (C=O) groups excluding carboxylic acids is 1. The van der Waals surface area contributed by atoms with E-state index in [9.17, 15) is 9.18 Å². The van der Waals surface area contributed by atoms with Gasteiger partial charge in [-0.2, -0.15) is 0 Å². The molecular weight excluding hydrogens is 317 g/mol. The largest absolute Gasteiger partial charge is 0.469 e. The Labute approximate surface area is 146 Å². The van der Waals surface area contributed by atoms with Gasteiger partial charge in [-0.05, 0) is 42.3 Å². The van der Waals surface area contributed by atoms with Crippen LogP contribution in [-0.2, 0) is 4.79 Å². The van der Waals surface area contributed by atoms with Crippen molar-refractivity contribution in [2.45, 2.75) is 25.3 Å². The van der Waals surface area contributed by atoms with Gasteiger partial charge in [0.2, 0.25) is 5.91 Å². The molecule has 1 heterocycles. The highest BCUT2D eigenvalue weighted by Crippen LogP contribution is 2.29. The Morgan fingerprint density at radius 2 is 1.72 bits per heavy atom. The van der Waals surface area contributed by atoms with Crippen molar-refractivity contribution < 1.29 is 13.6 Å². The molecule has 3 nitrogen and oxygen atoms in total. The number of halogens is 1. The Kier molecular flexibility index (Phi) is 5.29. The molecule has 0 aliphatic rings. The molecule has 1 amide bonds. The molecule has 3 rings (SSSR count). The standard InChI is InChI=1S/C21H20FNO2/c1-15(16-6-3-2-4-7-16)23-21(24)14-19(20-8-5-13-25-20)17-9-11-18(22)12-10-17/h2-13,15,19H,14H2,1H3,(H,23,24)/t15-,19+/m0/s1. The fourth-order valence-electron chi connectivity index (χ4n) is 2.88. The molecule has 0 bridgehead atoms. The maximum atomic E-state index is 13.2. The predicted octanol–water partition coefficient (Wildman–Crippen LogP) is 4.82. The first-order valence-electron chi connectivity index (χ1n) is 8.26. The molecule has 4 heteroatoms. The maximum Gasteiger partial charge on any atom is 0.221 e. The minimum atomic E-state index is -0.302. The third-order valence-electron chi connectivity index (χ3n) is 4.23. The Balaban J connectivity index is 1.74. The molecule has 0 aliphatic carbocycles. The molecule has 0 saturated heterocycles. The highest BCUT2D eigenvalue weighted by molar-refractivity contribution is 5.77. The fraction of sp³-hybridized carbons (Fsp3) is 0.190. The number of rotatable bonds is 6. The normalized spacial score (nSPS) is 13.2. The number of hydrogen-bond donors (Lipinski definition) is 1. The Morgan fingerprint density at radius 1 is 1.00 bits per heavy atom. The first-order valence-corrected chi connectivity index (χ1v) is 8.26. The molecule has 128 valence electrons. The van der Waals surface area contributed by atoms with Crippen LogP contribution in [0.2, 0.25) is 0 Å². The van der Waals surface area contributed by atoms with Gasteiger partial charge in [-0.3, -0.25) is 4.79 Å². The third-order valence-corrected chi connectivity index (χ3v) is 4.23. The molecule has 0 aliphatic heterocycles. The van der Waals surface area contributed by atoms with E-state index in [1.54, 1.807) is 24.5 Å². The summed E-state index contributed by atoms with van der Waals surface area (Å²) in [5, 5.41) is 3.02. The van der Waals surface area contributed by atoms with E-state index in [1.165, 1.54) is 12.1 Å². The summed E-state index contributed by atoms with van der Waals surface area (Å²) in [6.07, 6.45) is 1.81. The Hall–Kier alpha value is -2.88. The summed E-state index contributed by atoms with van der Waals surface area (Å²) >= 11 is 0. The summed E-state index contributed by atoms with van der Waals surface area (Å²) in [6.45, 7) is 1.95. The van der Waals surface area contributed by atoms with E-state index in [-0.39, 0.29) is 30.1 Å². The van der Waals surface area contributed by atoms with E-state index in [0.717, 1.165) is 11.1 Å². The van der Waals surface area contributed by atoms with Crippen LogP contribution in [0.5, 0.6) is 0 Å². The molecule has 0 unspecified atom stereocenters. The quantitative estimate of drug-likeness (QED) is 0.701. The highest BCUT2D eigenvalue weighted by atomic mass is 19.1. The predicted molar refractivity (Wildman–Crippen MR) is 94.6 cm³/mol. The van der Waals surface area contributed by atoms with Crippen molar-refractivity contribution in [1.29, 1.82) is 0 Å². The van der Waals surface area contributed by atoms with Crippen LogP contribution in [0.25, 0.3) is 0 Å². The van der Waals surface area contributed by atoms with Gasteiger partial charge >= 0.3 is 0 Å². The highest BCUT2D eigenvalue weighted by Gasteiger charge is 2.22. The second-order valence-corrected chi connectivity index (χ2v) is 6.02. The Morgan fingerprint density at radius 3 is 2.36 bits per heavy atom. The van der Waals surface area contributed by atoms with Gasteiger partial charge in [-0.15, -0.1) is 0 Å². The Bertz CT molecular complexity index is 798. The first-order chi connectivity index (χ1) is 12.1. The van der Waals surface area contributed by atoms with Crippen molar-refractivity contribution in [1.82, 2.24) is 5.32 Å². The van der Waals surface area contributed by atoms with E-state index in [0.29, 0.717) is 5.76 Å². The van der Waals surface area contributed by atoms with Gasteiger partial charge in [0.15, 0.2) is 0 Å². The molecular formula is C21H20FNO2. The molecule has 0 spiro atoms. The maximum absolute atomic E-state index is 13.2. The van der Waals surface area contributed by atoms with E-state index in [4.69, 9.17) is 4.42 Å². The molecule has 3 aromatic rings. The smallest absolute Gasteiger partial charge is 0.221 e. The van der Waals surface area contributed by atoms with Crippen LogP contribution in [0.3, 0.4) is 0 Å². The second-order valence-electron chi connectivity index (χ2n) is 6.02. The minimum absolute atomic E-state index is 0.0814. The molecule has 0 saturated carbocycles. The zero-order valence-corrected chi connectivity index (χ0v) is 14.0. The topological polar surface area (TPSA) is 42.2 Å². The fourth-order valence-corrected chi connectivity index (χ4v) is 2.88. The first kappa shape index (κ1) is 17.0. The molecule has 0 fully saturated rings. The van der Waals surface area contributed by atoms with Gasteiger partial charge in [0.1, 0.15) is 11.6 Å². The van der Waals surface area contributed by atoms with Gasteiger partial charge in [-0.1, -0.05) is 42.5 Å². The number of carbonyl (C=O) groups is 1. The van der Waals surface area contributed by atoms with Crippen LogP contribution >= 0.6 is 0 Å². The summed E-state index contributed by atoms with van der Waals surface area (Å²) in [5.74, 6) is 0.0545. The lowest BCUT2D eigenvalue weighted by Crippen LogP contribution is -2.28. The van der Waals surface area contributed by atoms with Crippen molar-refractivity contribution >= 4 is 5.91 Å². The average Bonchev–Trinajstić information content (AvgIpc) is 3.15. The van der Waals surface area contributed by atoms with Crippen molar-refractivity contribution in [3.8, 4) is 0 Å². The third kappa shape index (κ3) is 4.35. The van der Waals surface area contributed by atoms with Crippen molar-refractivity contribution in [3.05, 3.63) is 95.7 Å². The lowest BCUT2D eigenvalue weighted by molar-refractivity contribution is -0.122. The number of hydrogen-bond acceptors (Lipinski definition) is 2. The summed E-state index contributed by atoms with van der Waals surface area (Å²) in [4.78, 5) is 12.5. The van der Waals surface area contributed by atoms with Crippen LogP contribution in [0, 0.1) is 5.82 Å². The molecule has 25 heavy (non-hydrogen) atoms. The van der Waals surface area contributed by atoms with Crippen LogP contribution in [0.1, 0.15) is 42.2 Å². The van der Waals surface area contributed by atoms with Crippen LogP contribution in [0.4, 0.5) is 4.39 Å².